The molecule has 0 aromatic carbocycles. The Morgan fingerprint density at radius 2 is 2.22 bits per heavy atom. The van der Waals surface area contributed by atoms with Crippen LogP contribution in [0.15, 0.2) is 12.3 Å². The van der Waals surface area contributed by atoms with Crippen LogP contribution in [0.3, 0.4) is 0 Å². The van der Waals surface area contributed by atoms with Crippen LogP contribution >= 0.6 is 0 Å². The third kappa shape index (κ3) is 3.86. The predicted molar refractivity (Wildman–Crippen MR) is 85.8 cm³/mol. The minimum atomic E-state index is 0.153. The van der Waals surface area contributed by atoms with Gasteiger partial charge in [-0.15, -0.1) is 0 Å². The van der Waals surface area contributed by atoms with Crippen molar-refractivity contribution in [3.8, 4) is 0 Å². The molecular weight excluding hydrogens is 292 g/mol. The van der Waals surface area contributed by atoms with Crippen molar-refractivity contribution in [3.05, 3.63) is 23.8 Å². The van der Waals surface area contributed by atoms with Crippen LogP contribution in [0.25, 0.3) is 0 Å². The fourth-order valence-corrected chi connectivity index (χ4v) is 3.48. The molecule has 0 saturated carbocycles. The molecule has 0 spiro atoms. The van der Waals surface area contributed by atoms with Gasteiger partial charge in [-0.05, 0) is 32.3 Å². The molecule has 6 nitrogen and oxygen atoms in total. The van der Waals surface area contributed by atoms with Crippen molar-refractivity contribution in [3.63, 3.8) is 0 Å². The van der Waals surface area contributed by atoms with Gasteiger partial charge in [0.25, 0.3) is 0 Å². The summed E-state index contributed by atoms with van der Waals surface area (Å²) < 4.78 is 0. The average molecular weight is 316 g/mol. The molecule has 0 N–H and O–H groups in total. The monoisotopic (exact) mass is 316 g/mol. The maximum Gasteiger partial charge on any atom is 0.224 e. The van der Waals surface area contributed by atoms with Gasteiger partial charge in [0, 0.05) is 56.8 Å². The van der Waals surface area contributed by atoms with Crippen molar-refractivity contribution in [2.75, 3.05) is 26.2 Å². The van der Waals surface area contributed by atoms with E-state index in [1.807, 2.05) is 22.8 Å². The molecule has 2 aliphatic rings. The number of aryl methyl sites for hydroxylation is 1. The van der Waals surface area contributed by atoms with Gasteiger partial charge >= 0.3 is 0 Å². The molecule has 0 radical (unpaired) electrons. The summed E-state index contributed by atoms with van der Waals surface area (Å²) in [5.74, 6) is 1.41. The maximum atomic E-state index is 12.5. The highest BCUT2D eigenvalue weighted by Gasteiger charge is 2.27. The molecular formula is C17H24N4O2. The second kappa shape index (κ2) is 7.06. The van der Waals surface area contributed by atoms with Crippen LogP contribution in [0.2, 0.25) is 0 Å². The molecule has 0 aliphatic carbocycles. The Hall–Kier alpha value is -1.98. The molecule has 1 aromatic rings. The maximum absolute atomic E-state index is 12.5. The first-order valence-electron chi connectivity index (χ1n) is 8.48. The molecule has 0 bridgehead atoms. The van der Waals surface area contributed by atoms with Gasteiger partial charge < -0.3 is 9.80 Å². The molecule has 3 rings (SSSR count). The lowest BCUT2D eigenvalue weighted by molar-refractivity contribution is -0.133. The molecule has 2 fully saturated rings. The lowest BCUT2D eigenvalue weighted by Crippen LogP contribution is -2.41. The molecule has 2 amide bonds. The molecule has 23 heavy (non-hydrogen) atoms. The highest BCUT2D eigenvalue weighted by Crippen LogP contribution is 2.25. The number of carbonyl (C=O) groups is 2. The Morgan fingerprint density at radius 1 is 1.35 bits per heavy atom. The molecule has 124 valence electrons. The second-order valence-corrected chi connectivity index (χ2v) is 6.44. The van der Waals surface area contributed by atoms with Crippen LogP contribution in [0.1, 0.15) is 49.5 Å². The van der Waals surface area contributed by atoms with E-state index in [9.17, 15) is 9.59 Å². The molecule has 2 aliphatic heterocycles. The van der Waals surface area contributed by atoms with Crippen molar-refractivity contribution < 1.29 is 9.59 Å². The number of hydrogen-bond acceptors (Lipinski definition) is 4. The minimum absolute atomic E-state index is 0.153. The average Bonchev–Trinajstić information content (AvgIpc) is 2.98. The highest BCUT2D eigenvalue weighted by molar-refractivity contribution is 5.80. The Bertz CT molecular complexity index is 590. The van der Waals surface area contributed by atoms with E-state index in [1.54, 1.807) is 6.20 Å². The predicted octanol–water partition coefficient (Wildman–Crippen LogP) is 1.50. The lowest BCUT2D eigenvalue weighted by Gasteiger charge is -2.33. The Balaban J connectivity index is 1.55. The van der Waals surface area contributed by atoms with Gasteiger partial charge in [0.2, 0.25) is 11.8 Å². The largest absolute Gasteiger partial charge is 0.342 e. The zero-order valence-corrected chi connectivity index (χ0v) is 13.7. The Kier molecular flexibility index (Phi) is 4.88. The number of likely N-dealkylation sites (tertiary alicyclic amines) is 2. The number of aromatic nitrogens is 2. The number of hydrogen-bond donors (Lipinski definition) is 0. The quantitative estimate of drug-likeness (QED) is 0.844. The van der Waals surface area contributed by atoms with E-state index in [2.05, 4.69) is 9.97 Å². The summed E-state index contributed by atoms with van der Waals surface area (Å²) in [6.45, 7) is 4.79. The normalized spacial score (nSPS) is 21.8. The first-order chi connectivity index (χ1) is 11.1. The molecule has 1 unspecified atom stereocenters. The van der Waals surface area contributed by atoms with Gasteiger partial charge in [-0.3, -0.25) is 9.59 Å². The van der Waals surface area contributed by atoms with E-state index in [1.165, 1.54) is 0 Å². The molecule has 1 atom stereocenters. The van der Waals surface area contributed by atoms with Gasteiger partial charge in [-0.2, -0.15) is 0 Å². The SMILES string of the molecule is Cc1nccc(C2CCCN(C(=O)CCN3CCCC3=O)C2)n1. The Morgan fingerprint density at radius 3 is 2.96 bits per heavy atom. The molecule has 3 heterocycles. The summed E-state index contributed by atoms with van der Waals surface area (Å²) >= 11 is 0. The van der Waals surface area contributed by atoms with Crippen LogP contribution in [0, 0.1) is 6.92 Å². The van der Waals surface area contributed by atoms with Crippen molar-refractivity contribution in [2.45, 2.75) is 44.9 Å². The summed E-state index contributed by atoms with van der Waals surface area (Å²) in [7, 11) is 0. The number of carbonyl (C=O) groups excluding carboxylic acids is 2. The fourth-order valence-electron chi connectivity index (χ4n) is 3.48. The van der Waals surface area contributed by atoms with E-state index >= 15 is 0 Å². The van der Waals surface area contributed by atoms with E-state index in [4.69, 9.17) is 0 Å². The van der Waals surface area contributed by atoms with Gasteiger partial charge in [-0.25, -0.2) is 9.97 Å². The lowest BCUT2D eigenvalue weighted by atomic mass is 9.94. The van der Waals surface area contributed by atoms with Gasteiger partial charge in [-0.1, -0.05) is 0 Å². The summed E-state index contributed by atoms with van der Waals surface area (Å²) in [4.78, 5) is 36.5. The topological polar surface area (TPSA) is 66.4 Å². The summed E-state index contributed by atoms with van der Waals surface area (Å²) in [6.07, 6.45) is 5.84. The highest BCUT2D eigenvalue weighted by atomic mass is 16.2. The summed E-state index contributed by atoms with van der Waals surface area (Å²) in [6, 6.07) is 1.95. The molecule has 1 aromatic heterocycles. The third-order valence-corrected chi connectivity index (χ3v) is 4.76. The van der Waals surface area contributed by atoms with E-state index in [-0.39, 0.29) is 11.8 Å². The van der Waals surface area contributed by atoms with E-state index in [0.29, 0.717) is 25.3 Å². The molecule has 6 heteroatoms. The smallest absolute Gasteiger partial charge is 0.224 e. The van der Waals surface area contributed by atoms with Crippen LogP contribution < -0.4 is 0 Å². The second-order valence-electron chi connectivity index (χ2n) is 6.44. The number of amides is 2. The van der Waals surface area contributed by atoms with Crippen LogP contribution in [0.5, 0.6) is 0 Å². The van der Waals surface area contributed by atoms with Crippen molar-refractivity contribution in [2.24, 2.45) is 0 Å². The number of piperidine rings is 1. The van der Waals surface area contributed by atoms with E-state index < -0.39 is 0 Å². The van der Waals surface area contributed by atoms with Gasteiger partial charge in [0.15, 0.2) is 0 Å². The number of nitrogens with zero attached hydrogens (tertiary/aromatic N) is 4. The standard InChI is InChI=1S/C17H24N4O2/c1-13-18-8-6-15(19-13)14-4-2-10-21(12-14)17(23)7-11-20-9-3-5-16(20)22/h6,8,14H,2-5,7,9-12H2,1H3. The van der Waals surface area contributed by atoms with Crippen LogP contribution in [-0.4, -0.2) is 57.8 Å². The fraction of sp³-hybridized carbons (Fsp3) is 0.647. The van der Waals surface area contributed by atoms with Crippen LogP contribution in [0.4, 0.5) is 0 Å². The Labute approximate surface area is 136 Å². The third-order valence-electron chi connectivity index (χ3n) is 4.76. The van der Waals surface area contributed by atoms with Crippen molar-refractivity contribution >= 4 is 11.8 Å². The zero-order chi connectivity index (χ0) is 16.2. The van der Waals surface area contributed by atoms with Crippen molar-refractivity contribution in [1.82, 2.24) is 19.8 Å². The number of rotatable bonds is 4. The zero-order valence-electron chi connectivity index (χ0n) is 13.7. The molecule has 2 saturated heterocycles. The minimum Gasteiger partial charge on any atom is -0.342 e. The van der Waals surface area contributed by atoms with Crippen LogP contribution in [-0.2, 0) is 9.59 Å². The van der Waals surface area contributed by atoms with Gasteiger partial charge in [0.05, 0.1) is 0 Å². The van der Waals surface area contributed by atoms with E-state index in [0.717, 1.165) is 50.4 Å². The van der Waals surface area contributed by atoms with Gasteiger partial charge in [0.1, 0.15) is 5.82 Å². The first-order valence-corrected chi connectivity index (χ1v) is 8.48. The summed E-state index contributed by atoms with van der Waals surface area (Å²) in [5, 5.41) is 0. The van der Waals surface area contributed by atoms with Crippen molar-refractivity contribution in [1.29, 1.82) is 0 Å². The first kappa shape index (κ1) is 15.9. The summed E-state index contributed by atoms with van der Waals surface area (Å²) in [5.41, 5.74) is 1.03.